The number of carbonyl (C=O) groups excluding carboxylic acids is 1. The maximum atomic E-state index is 12.1. The van der Waals surface area contributed by atoms with Crippen molar-refractivity contribution in [1.29, 1.82) is 0 Å². The van der Waals surface area contributed by atoms with E-state index in [2.05, 4.69) is 12.0 Å². The van der Waals surface area contributed by atoms with Gasteiger partial charge in [0.1, 0.15) is 11.7 Å². The highest BCUT2D eigenvalue weighted by Gasteiger charge is 2.21. The van der Waals surface area contributed by atoms with Gasteiger partial charge in [0.15, 0.2) is 0 Å². The van der Waals surface area contributed by atoms with Crippen molar-refractivity contribution < 1.29 is 9.53 Å². The molecule has 0 amide bonds. The summed E-state index contributed by atoms with van der Waals surface area (Å²) in [6.45, 7) is 8.62. The second-order valence-corrected chi connectivity index (χ2v) is 5.35. The molecule has 0 aliphatic heterocycles. The van der Waals surface area contributed by atoms with E-state index in [0.29, 0.717) is 5.56 Å². The predicted molar refractivity (Wildman–Crippen MR) is 75.3 cm³/mol. The third kappa shape index (κ3) is 3.51. The van der Waals surface area contributed by atoms with Crippen LogP contribution in [0.2, 0.25) is 0 Å². The zero-order chi connectivity index (χ0) is 13.7. The number of thioether (sulfide) groups is 1. The molecular formula is C13H22N2O2S. The topological polar surface area (TPSA) is 44.1 Å². The van der Waals surface area contributed by atoms with Crippen LogP contribution in [0.25, 0.3) is 0 Å². The Kier molecular flexibility index (Phi) is 5.72. The third-order valence-corrected chi connectivity index (χ3v) is 3.53. The number of hydrogen-bond acceptors (Lipinski definition) is 4. The van der Waals surface area contributed by atoms with Crippen LogP contribution in [-0.4, -0.2) is 33.9 Å². The fraction of sp³-hybridized carbons (Fsp3) is 0.692. The summed E-state index contributed by atoms with van der Waals surface area (Å²) in [6.07, 6.45) is 2.93. The minimum absolute atomic E-state index is 0.0687. The van der Waals surface area contributed by atoms with Gasteiger partial charge in [0, 0.05) is 12.3 Å². The monoisotopic (exact) mass is 270 g/mol. The van der Waals surface area contributed by atoms with Crippen molar-refractivity contribution in [2.24, 2.45) is 0 Å². The second kappa shape index (κ2) is 6.83. The first-order valence-corrected chi connectivity index (χ1v) is 7.64. The highest BCUT2D eigenvalue weighted by Crippen LogP contribution is 2.16. The Labute approximate surface area is 113 Å². The van der Waals surface area contributed by atoms with Crippen molar-refractivity contribution in [3.8, 4) is 0 Å². The summed E-state index contributed by atoms with van der Waals surface area (Å²) in [4.78, 5) is 12.1. The highest BCUT2D eigenvalue weighted by atomic mass is 32.2. The van der Waals surface area contributed by atoms with Gasteiger partial charge < -0.3 is 4.74 Å². The van der Waals surface area contributed by atoms with Gasteiger partial charge in [0.25, 0.3) is 0 Å². The second-order valence-electron chi connectivity index (χ2n) is 4.44. The number of aryl methyl sites for hydroxylation is 2. The fourth-order valence-electron chi connectivity index (χ4n) is 1.93. The SMILES string of the molecule is CCCn1nc(C)c(C(=O)O[C@@H](C)CSC)c1C. The van der Waals surface area contributed by atoms with Gasteiger partial charge in [-0.25, -0.2) is 4.79 Å². The molecule has 1 rings (SSSR count). The molecule has 5 heteroatoms. The maximum absolute atomic E-state index is 12.1. The Morgan fingerprint density at radius 2 is 2.17 bits per heavy atom. The zero-order valence-corrected chi connectivity index (χ0v) is 12.6. The molecule has 0 spiro atoms. The van der Waals surface area contributed by atoms with Crippen LogP contribution in [0.4, 0.5) is 0 Å². The van der Waals surface area contributed by atoms with E-state index >= 15 is 0 Å². The van der Waals surface area contributed by atoms with Crippen LogP contribution in [0.5, 0.6) is 0 Å². The number of hydrogen-bond donors (Lipinski definition) is 0. The molecule has 0 fully saturated rings. The van der Waals surface area contributed by atoms with Crippen molar-refractivity contribution in [1.82, 2.24) is 9.78 Å². The van der Waals surface area contributed by atoms with E-state index in [9.17, 15) is 4.79 Å². The van der Waals surface area contributed by atoms with Crippen LogP contribution < -0.4 is 0 Å². The third-order valence-electron chi connectivity index (χ3n) is 2.73. The van der Waals surface area contributed by atoms with E-state index < -0.39 is 0 Å². The molecule has 4 nitrogen and oxygen atoms in total. The summed E-state index contributed by atoms with van der Waals surface area (Å²) in [6, 6.07) is 0. The summed E-state index contributed by atoms with van der Waals surface area (Å²) in [5, 5.41) is 4.38. The van der Waals surface area contributed by atoms with Gasteiger partial charge in [-0.1, -0.05) is 6.92 Å². The molecule has 0 unspecified atom stereocenters. The highest BCUT2D eigenvalue weighted by molar-refractivity contribution is 7.98. The lowest BCUT2D eigenvalue weighted by molar-refractivity contribution is 0.0384. The zero-order valence-electron chi connectivity index (χ0n) is 11.8. The molecule has 1 atom stereocenters. The first kappa shape index (κ1) is 15.1. The average molecular weight is 270 g/mol. The van der Waals surface area contributed by atoms with Gasteiger partial charge in [-0.2, -0.15) is 16.9 Å². The van der Waals surface area contributed by atoms with Gasteiger partial charge in [0.05, 0.1) is 11.4 Å². The molecule has 0 saturated carbocycles. The molecule has 1 aromatic heterocycles. The van der Waals surface area contributed by atoms with E-state index in [1.165, 1.54) is 0 Å². The predicted octanol–water partition coefficient (Wildman–Crippen LogP) is 2.82. The lowest BCUT2D eigenvalue weighted by atomic mass is 10.2. The normalized spacial score (nSPS) is 12.5. The van der Waals surface area contributed by atoms with Crippen molar-refractivity contribution in [3.63, 3.8) is 0 Å². The van der Waals surface area contributed by atoms with Gasteiger partial charge in [0.2, 0.25) is 0 Å². The van der Waals surface area contributed by atoms with Gasteiger partial charge in [-0.05, 0) is 33.4 Å². The number of ether oxygens (including phenoxy) is 1. The van der Waals surface area contributed by atoms with E-state index in [1.807, 2.05) is 31.7 Å². The Hall–Kier alpha value is -0.970. The summed E-state index contributed by atoms with van der Waals surface area (Å²) < 4.78 is 7.30. The van der Waals surface area contributed by atoms with Crippen molar-refractivity contribution in [2.45, 2.75) is 46.8 Å². The van der Waals surface area contributed by atoms with E-state index in [0.717, 1.165) is 30.1 Å². The number of aromatic nitrogens is 2. The van der Waals surface area contributed by atoms with Crippen LogP contribution in [0.1, 0.15) is 42.0 Å². The summed E-state index contributed by atoms with van der Waals surface area (Å²) in [5.74, 6) is 0.557. The van der Waals surface area contributed by atoms with E-state index in [4.69, 9.17) is 4.74 Å². The molecule has 0 radical (unpaired) electrons. The maximum Gasteiger partial charge on any atom is 0.342 e. The molecule has 0 aromatic carbocycles. The number of esters is 1. The van der Waals surface area contributed by atoms with Gasteiger partial charge in [-0.3, -0.25) is 4.68 Å². The number of carbonyl (C=O) groups is 1. The number of rotatable bonds is 6. The van der Waals surface area contributed by atoms with E-state index in [-0.39, 0.29) is 12.1 Å². The standard InChI is InChI=1S/C13H22N2O2S/c1-6-7-15-11(4)12(10(3)14-15)13(16)17-9(2)8-18-5/h9H,6-8H2,1-5H3/t9-/m0/s1. The molecule has 0 N–H and O–H groups in total. The van der Waals surface area contributed by atoms with Gasteiger partial charge in [-0.15, -0.1) is 0 Å². The Morgan fingerprint density at radius 1 is 1.50 bits per heavy atom. The van der Waals surface area contributed by atoms with Crippen molar-refractivity contribution >= 4 is 17.7 Å². The van der Waals surface area contributed by atoms with Crippen molar-refractivity contribution in [2.75, 3.05) is 12.0 Å². The lowest BCUT2D eigenvalue weighted by Crippen LogP contribution is -2.18. The first-order chi connectivity index (χ1) is 8.51. The first-order valence-electron chi connectivity index (χ1n) is 6.25. The molecular weight excluding hydrogens is 248 g/mol. The Morgan fingerprint density at radius 3 is 2.72 bits per heavy atom. The van der Waals surface area contributed by atoms with Crippen LogP contribution >= 0.6 is 11.8 Å². The Balaban J connectivity index is 2.85. The molecule has 1 aromatic rings. The number of nitrogens with zero attached hydrogens (tertiary/aromatic N) is 2. The molecule has 18 heavy (non-hydrogen) atoms. The molecule has 0 saturated heterocycles. The van der Waals surface area contributed by atoms with Gasteiger partial charge >= 0.3 is 5.97 Å². The van der Waals surface area contributed by atoms with Crippen LogP contribution in [-0.2, 0) is 11.3 Å². The quantitative estimate of drug-likeness (QED) is 0.746. The fourth-order valence-corrected chi connectivity index (χ4v) is 2.47. The Bertz CT molecular complexity index is 415. The van der Waals surface area contributed by atoms with Crippen molar-refractivity contribution in [3.05, 3.63) is 17.0 Å². The molecule has 0 aliphatic rings. The molecule has 0 aliphatic carbocycles. The molecule has 102 valence electrons. The van der Waals surface area contributed by atoms with Crippen LogP contribution in [0.15, 0.2) is 0 Å². The minimum Gasteiger partial charge on any atom is -0.458 e. The molecule has 1 heterocycles. The molecule has 0 bridgehead atoms. The minimum atomic E-state index is -0.256. The lowest BCUT2D eigenvalue weighted by Gasteiger charge is -2.12. The summed E-state index contributed by atoms with van der Waals surface area (Å²) in [7, 11) is 0. The largest absolute Gasteiger partial charge is 0.458 e. The summed E-state index contributed by atoms with van der Waals surface area (Å²) >= 11 is 1.67. The smallest absolute Gasteiger partial charge is 0.342 e. The van der Waals surface area contributed by atoms with Crippen LogP contribution in [0.3, 0.4) is 0 Å². The van der Waals surface area contributed by atoms with Crippen LogP contribution in [0, 0.1) is 13.8 Å². The summed E-state index contributed by atoms with van der Waals surface area (Å²) in [5.41, 5.74) is 2.27. The van der Waals surface area contributed by atoms with E-state index in [1.54, 1.807) is 11.8 Å². The average Bonchev–Trinajstić information content (AvgIpc) is 2.55.